The first-order chi connectivity index (χ1) is 10.5. The second kappa shape index (κ2) is 6.74. The zero-order valence-electron chi connectivity index (χ0n) is 12.4. The van der Waals surface area contributed by atoms with Crippen molar-refractivity contribution in [3.63, 3.8) is 0 Å². The Labute approximate surface area is 145 Å². The summed E-state index contributed by atoms with van der Waals surface area (Å²) in [6.07, 6.45) is 0. The third kappa shape index (κ3) is 3.40. The van der Waals surface area contributed by atoms with Crippen molar-refractivity contribution in [1.29, 1.82) is 0 Å². The molecule has 1 N–H and O–H groups in total. The van der Waals surface area contributed by atoms with Crippen LogP contribution in [0.15, 0.2) is 24.3 Å². The summed E-state index contributed by atoms with van der Waals surface area (Å²) < 4.78 is 0.701. The minimum atomic E-state index is -0.00906. The maximum Gasteiger partial charge on any atom is 0.247 e. The lowest BCUT2D eigenvalue weighted by Gasteiger charge is -2.34. The van der Waals surface area contributed by atoms with Gasteiger partial charge < -0.3 is 9.80 Å². The van der Waals surface area contributed by atoms with Crippen molar-refractivity contribution >= 4 is 51.5 Å². The van der Waals surface area contributed by atoms with Gasteiger partial charge in [-0.2, -0.15) is 0 Å². The molecule has 1 amide bonds. The number of thioether (sulfide) groups is 1. The first-order valence-electron chi connectivity index (χ1n) is 7.37. The Morgan fingerprint density at radius 2 is 2.14 bits per heavy atom. The van der Waals surface area contributed by atoms with Crippen molar-refractivity contribution in [2.75, 3.05) is 44.7 Å². The van der Waals surface area contributed by atoms with Crippen LogP contribution in [0.4, 0.5) is 5.69 Å². The summed E-state index contributed by atoms with van der Waals surface area (Å²) >= 11 is 12.8. The number of carbonyl (C=O) groups excluding carboxylic acids is 1. The highest BCUT2D eigenvalue weighted by Crippen LogP contribution is 2.25. The molecule has 1 atom stereocenters. The number of rotatable bonds is 3. The molecule has 1 aromatic rings. The maximum atomic E-state index is 12.1. The van der Waals surface area contributed by atoms with Crippen molar-refractivity contribution in [3.05, 3.63) is 29.3 Å². The van der Waals surface area contributed by atoms with Crippen LogP contribution in [0.3, 0.4) is 0 Å². The summed E-state index contributed by atoms with van der Waals surface area (Å²) in [5.74, 6) is 0.153. The molecule has 22 heavy (non-hydrogen) atoms. The number of carbonyl (C=O) groups is 1. The van der Waals surface area contributed by atoms with Gasteiger partial charge in [0.25, 0.3) is 0 Å². The molecule has 0 saturated carbocycles. The molecule has 3 rings (SSSR count). The lowest BCUT2D eigenvalue weighted by Crippen LogP contribution is -3.15. The van der Waals surface area contributed by atoms with Crippen LogP contribution in [-0.2, 0) is 4.79 Å². The Bertz CT molecular complexity index is 590. The van der Waals surface area contributed by atoms with E-state index in [1.54, 1.807) is 11.9 Å². The average Bonchev–Trinajstić information content (AvgIpc) is 2.75. The van der Waals surface area contributed by atoms with Gasteiger partial charge in [-0.1, -0.05) is 41.6 Å². The number of quaternary nitrogens is 1. The molecule has 0 aliphatic carbocycles. The fourth-order valence-corrected chi connectivity index (χ4v) is 4.60. The van der Waals surface area contributed by atoms with Crippen molar-refractivity contribution in [2.45, 2.75) is 5.25 Å². The van der Waals surface area contributed by atoms with E-state index in [0.29, 0.717) is 4.32 Å². The third-order valence-corrected chi connectivity index (χ3v) is 6.17. The quantitative estimate of drug-likeness (QED) is 0.815. The van der Waals surface area contributed by atoms with Crippen LogP contribution in [0, 0.1) is 0 Å². The van der Waals surface area contributed by atoms with E-state index in [4.69, 9.17) is 23.8 Å². The van der Waals surface area contributed by atoms with Gasteiger partial charge in [0.15, 0.2) is 0 Å². The van der Waals surface area contributed by atoms with Crippen molar-refractivity contribution < 1.29 is 9.69 Å². The summed E-state index contributed by atoms with van der Waals surface area (Å²) in [6, 6.07) is 7.99. The third-order valence-electron chi connectivity index (χ3n) is 4.24. The van der Waals surface area contributed by atoms with Crippen molar-refractivity contribution in [2.24, 2.45) is 0 Å². The van der Waals surface area contributed by atoms with Gasteiger partial charge in [0.2, 0.25) is 5.91 Å². The molecule has 7 heteroatoms. The van der Waals surface area contributed by atoms with Crippen LogP contribution in [0.5, 0.6) is 0 Å². The molecule has 0 spiro atoms. The second-order valence-corrected chi connectivity index (χ2v) is 7.96. The Morgan fingerprint density at radius 1 is 1.41 bits per heavy atom. The Morgan fingerprint density at radius 3 is 2.73 bits per heavy atom. The summed E-state index contributed by atoms with van der Waals surface area (Å²) in [5, 5.41) is 0.766. The van der Waals surface area contributed by atoms with Gasteiger partial charge in [0.1, 0.15) is 9.57 Å². The monoisotopic (exact) mass is 356 g/mol. The maximum absolute atomic E-state index is 12.1. The lowest BCUT2D eigenvalue weighted by molar-refractivity contribution is -0.899. The molecule has 2 aliphatic rings. The molecule has 118 valence electrons. The van der Waals surface area contributed by atoms with E-state index in [1.165, 1.54) is 22.3 Å². The number of hydrogen-bond donors (Lipinski definition) is 1. The Kier molecular flexibility index (Phi) is 4.92. The smallest absolute Gasteiger partial charge is 0.247 e. The van der Waals surface area contributed by atoms with Gasteiger partial charge in [0, 0.05) is 17.8 Å². The summed E-state index contributed by atoms with van der Waals surface area (Å²) in [7, 11) is 1.77. The number of benzene rings is 1. The number of thiocarbonyl (C=S) groups is 1. The van der Waals surface area contributed by atoms with Crippen molar-refractivity contribution in [3.8, 4) is 0 Å². The molecule has 0 unspecified atom stereocenters. The highest BCUT2D eigenvalue weighted by Gasteiger charge is 2.37. The lowest BCUT2D eigenvalue weighted by atomic mass is 10.2. The summed E-state index contributed by atoms with van der Waals surface area (Å²) in [4.78, 5) is 17.5. The first kappa shape index (κ1) is 16.1. The van der Waals surface area contributed by atoms with Crippen LogP contribution < -0.4 is 9.80 Å². The standard InChI is InChI=1S/C15H18ClN3OS2/c1-17-14(20)13(22-15(17)21)10-18-5-7-19(8-6-18)12-4-2-3-11(16)9-12/h2-4,9,13H,5-8,10H2,1H3/p+1/t13-/m1/s1. The van der Waals surface area contributed by atoms with Crippen LogP contribution >= 0.6 is 35.6 Å². The van der Waals surface area contributed by atoms with E-state index >= 15 is 0 Å². The van der Waals surface area contributed by atoms with Gasteiger partial charge in [-0.3, -0.25) is 9.69 Å². The van der Waals surface area contributed by atoms with Crippen molar-refractivity contribution in [1.82, 2.24) is 4.90 Å². The number of amides is 1. The van der Waals surface area contributed by atoms with E-state index < -0.39 is 0 Å². The minimum absolute atomic E-state index is 0.00906. The van der Waals surface area contributed by atoms with E-state index in [-0.39, 0.29) is 11.2 Å². The number of halogens is 1. The minimum Gasteiger partial charge on any atom is -0.360 e. The van der Waals surface area contributed by atoms with E-state index in [9.17, 15) is 4.79 Å². The molecule has 2 fully saturated rings. The van der Waals surface area contributed by atoms with Crippen LogP contribution in [0.2, 0.25) is 5.02 Å². The largest absolute Gasteiger partial charge is 0.360 e. The molecule has 0 bridgehead atoms. The SMILES string of the molecule is CN1C(=O)[C@@H](C[NH+]2CCN(c3cccc(Cl)c3)CC2)SC1=S. The topological polar surface area (TPSA) is 28.0 Å². The number of piperazine rings is 1. The van der Waals surface area contributed by atoms with Crippen LogP contribution in [0.1, 0.15) is 0 Å². The second-order valence-electron chi connectivity index (χ2n) is 5.69. The van der Waals surface area contributed by atoms with Gasteiger partial charge in [-0.15, -0.1) is 0 Å². The highest BCUT2D eigenvalue weighted by molar-refractivity contribution is 8.24. The predicted molar refractivity (Wildman–Crippen MR) is 96.0 cm³/mol. The number of hydrogen-bond acceptors (Lipinski definition) is 4. The molecular formula is C15H19ClN3OS2+. The molecule has 0 aromatic heterocycles. The fraction of sp³-hybridized carbons (Fsp3) is 0.467. The molecule has 2 aliphatic heterocycles. The number of nitrogens with zero attached hydrogens (tertiary/aromatic N) is 2. The van der Waals surface area contributed by atoms with Gasteiger partial charge in [-0.25, -0.2) is 0 Å². The van der Waals surface area contributed by atoms with Gasteiger partial charge in [-0.05, 0) is 18.2 Å². The number of anilines is 1. The normalized spacial score (nSPS) is 23.5. The zero-order chi connectivity index (χ0) is 15.7. The predicted octanol–water partition coefficient (Wildman–Crippen LogP) is 0.904. The number of nitrogens with one attached hydrogen (secondary N) is 1. The van der Waals surface area contributed by atoms with Gasteiger partial charge in [0.05, 0.1) is 32.7 Å². The first-order valence-corrected chi connectivity index (χ1v) is 9.03. The Hall–Kier alpha value is -0.820. The fourth-order valence-electron chi connectivity index (χ4n) is 2.91. The molecule has 2 saturated heterocycles. The molecular weight excluding hydrogens is 338 g/mol. The molecule has 4 nitrogen and oxygen atoms in total. The molecule has 0 radical (unpaired) electrons. The van der Waals surface area contributed by atoms with Gasteiger partial charge >= 0.3 is 0 Å². The van der Waals surface area contributed by atoms with Crippen LogP contribution in [-0.4, -0.2) is 60.1 Å². The highest BCUT2D eigenvalue weighted by atomic mass is 35.5. The van der Waals surface area contributed by atoms with E-state index in [1.807, 2.05) is 18.2 Å². The molecule has 1 aromatic carbocycles. The van der Waals surface area contributed by atoms with E-state index in [0.717, 1.165) is 37.7 Å². The Balaban J connectivity index is 1.54. The average molecular weight is 357 g/mol. The summed E-state index contributed by atoms with van der Waals surface area (Å²) in [5.41, 5.74) is 1.18. The molecule has 2 heterocycles. The van der Waals surface area contributed by atoms with Crippen LogP contribution in [0.25, 0.3) is 0 Å². The summed E-state index contributed by atoms with van der Waals surface area (Å²) in [6.45, 7) is 4.90. The van der Waals surface area contributed by atoms with E-state index in [2.05, 4.69) is 11.0 Å². The zero-order valence-corrected chi connectivity index (χ0v) is 14.8.